The number of aromatic nitrogens is 4. The molecule has 1 aliphatic heterocycles. The fourth-order valence-electron chi connectivity index (χ4n) is 4.06. The van der Waals surface area contributed by atoms with Gasteiger partial charge in [0.1, 0.15) is 29.1 Å². The van der Waals surface area contributed by atoms with Crippen molar-refractivity contribution in [3.63, 3.8) is 0 Å². The van der Waals surface area contributed by atoms with Crippen molar-refractivity contribution in [1.29, 1.82) is 0 Å². The van der Waals surface area contributed by atoms with E-state index in [0.717, 1.165) is 47.1 Å². The normalized spacial score (nSPS) is 12.8. The Labute approximate surface area is 184 Å². The van der Waals surface area contributed by atoms with E-state index in [9.17, 15) is 8.78 Å². The van der Waals surface area contributed by atoms with Gasteiger partial charge in [0, 0.05) is 37.5 Å². The molecule has 0 unspecified atom stereocenters. The molecule has 1 N–H and O–H groups in total. The van der Waals surface area contributed by atoms with Crippen molar-refractivity contribution in [2.24, 2.45) is 0 Å². The third-order valence-corrected chi connectivity index (χ3v) is 5.61. The third kappa shape index (κ3) is 3.68. The molecule has 2 aromatic heterocycles. The van der Waals surface area contributed by atoms with Gasteiger partial charge in [-0.05, 0) is 55.3 Å². The molecule has 0 saturated carbocycles. The number of anilines is 3. The lowest BCUT2D eigenvalue weighted by atomic mass is 10.1. The number of benzene rings is 2. The first kappa shape index (κ1) is 20.1. The number of fused-ring (bicyclic) bond motifs is 1. The van der Waals surface area contributed by atoms with Crippen LogP contribution in [0.5, 0.6) is 0 Å². The zero-order valence-electron chi connectivity index (χ0n) is 17.8. The Morgan fingerprint density at radius 1 is 1.06 bits per heavy atom. The summed E-state index contributed by atoms with van der Waals surface area (Å²) in [4.78, 5) is 15.7. The highest BCUT2D eigenvalue weighted by Crippen LogP contribution is 2.36. The number of hydrogen-bond acceptors (Lipinski definition) is 5. The van der Waals surface area contributed by atoms with Crippen LogP contribution in [0.4, 0.5) is 26.1 Å². The molecule has 0 atom stereocenters. The summed E-state index contributed by atoms with van der Waals surface area (Å²) >= 11 is 0. The van der Waals surface area contributed by atoms with Crippen LogP contribution in [0.3, 0.4) is 0 Å². The van der Waals surface area contributed by atoms with Crippen molar-refractivity contribution in [2.75, 3.05) is 23.8 Å². The molecular weight excluding hydrogens is 410 g/mol. The van der Waals surface area contributed by atoms with Crippen molar-refractivity contribution in [1.82, 2.24) is 19.5 Å². The molecule has 3 heterocycles. The molecule has 0 amide bonds. The van der Waals surface area contributed by atoms with Gasteiger partial charge in [0.25, 0.3) is 0 Å². The zero-order valence-corrected chi connectivity index (χ0v) is 17.8. The van der Waals surface area contributed by atoms with E-state index in [1.165, 1.54) is 18.2 Å². The Hall–Kier alpha value is -3.81. The van der Waals surface area contributed by atoms with Crippen LogP contribution in [0.25, 0.3) is 5.69 Å². The minimum atomic E-state index is -0.331. The highest BCUT2D eigenvalue weighted by molar-refractivity contribution is 5.71. The fourth-order valence-corrected chi connectivity index (χ4v) is 4.06. The maximum atomic E-state index is 14.8. The van der Waals surface area contributed by atoms with Crippen LogP contribution >= 0.6 is 0 Å². The number of imidazole rings is 1. The summed E-state index contributed by atoms with van der Waals surface area (Å²) in [6.07, 6.45) is 4.56. The standard InChI is InChI=1S/C24H22F2N6/c1-15-13-31(14-28-15)21-8-3-16(11-20(21)26)12-22-29-23(27-2)19-9-10-32(24(19)30-22)18-6-4-17(25)5-7-18/h3-8,11,13-14H,9-10,12H2,1-2H3,(H,27,29,30). The highest BCUT2D eigenvalue weighted by Gasteiger charge is 2.26. The third-order valence-electron chi connectivity index (χ3n) is 5.61. The van der Waals surface area contributed by atoms with Gasteiger partial charge < -0.3 is 14.8 Å². The average Bonchev–Trinajstić information content (AvgIpc) is 3.40. The molecule has 0 aliphatic carbocycles. The predicted molar refractivity (Wildman–Crippen MR) is 120 cm³/mol. The summed E-state index contributed by atoms with van der Waals surface area (Å²) in [5.41, 5.74) is 3.95. The molecule has 0 saturated heterocycles. The van der Waals surface area contributed by atoms with E-state index in [-0.39, 0.29) is 11.6 Å². The van der Waals surface area contributed by atoms with Crippen LogP contribution in [-0.4, -0.2) is 33.1 Å². The van der Waals surface area contributed by atoms with Crippen molar-refractivity contribution in [2.45, 2.75) is 19.8 Å². The summed E-state index contributed by atoms with van der Waals surface area (Å²) in [7, 11) is 1.83. The van der Waals surface area contributed by atoms with Crippen LogP contribution in [0.2, 0.25) is 0 Å². The topological polar surface area (TPSA) is 58.9 Å². The summed E-state index contributed by atoms with van der Waals surface area (Å²) in [6.45, 7) is 2.60. The molecule has 0 bridgehead atoms. The van der Waals surface area contributed by atoms with Gasteiger partial charge in [0.2, 0.25) is 0 Å². The molecule has 1 aliphatic rings. The van der Waals surface area contributed by atoms with Gasteiger partial charge in [-0.2, -0.15) is 0 Å². The Morgan fingerprint density at radius 3 is 2.56 bits per heavy atom. The van der Waals surface area contributed by atoms with Gasteiger partial charge in [-0.25, -0.2) is 23.7 Å². The molecular formula is C24H22F2N6. The largest absolute Gasteiger partial charge is 0.373 e. The lowest BCUT2D eigenvalue weighted by molar-refractivity contribution is 0.616. The van der Waals surface area contributed by atoms with Crippen LogP contribution in [0, 0.1) is 18.6 Å². The molecule has 0 fully saturated rings. The van der Waals surface area contributed by atoms with Gasteiger partial charge in [-0.3, -0.25) is 0 Å². The van der Waals surface area contributed by atoms with Gasteiger partial charge >= 0.3 is 0 Å². The molecule has 162 valence electrons. The van der Waals surface area contributed by atoms with Crippen LogP contribution in [0.1, 0.15) is 22.6 Å². The monoisotopic (exact) mass is 432 g/mol. The van der Waals surface area contributed by atoms with Gasteiger partial charge in [-0.15, -0.1) is 0 Å². The Bertz CT molecular complexity index is 1280. The Balaban J connectivity index is 1.46. The van der Waals surface area contributed by atoms with E-state index in [4.69, 9.17) is 4.98 Å². The maximum absolute atomic E-state index is 14.8. The van der Waals surface area contributed by atoms with Gasteiger partial charge in [0.05, 0.1) is 17.7 Å². The fraction of sp³-hybridized carbons (Fsp3) is 0.208. The van der Waals surface area contributed by atoms with Crippen molar-refractivity contribution >= 4 is 17.3 Å². The van der Waals surface area contributed by atoms with Gasteiger partial charge in [-0.1, -0.05) is 6.07 Å². The second-order valence-electron chi connectivity index (χ2n) is 7.80. The lowest BCUT2D eigenvalue weighted by Crippen LogP contribution is -2.15. The van der Waals surface area contributed by atoms with Gasteiger partial charge in [0.15, 0.2) is 0 Å². The van der Waals surface area contributed by atoms with Crippen molar-refractivity contribution in [3.8, 4) is 5.69 Å². The lowest BCUT2D eigenvalue weighted by Gasteiger charge is -2.19. The SMILES string of the molecule is CNc1nc(Cc2ccc(-n3cnc(C)c3)c(F)c2)nc2c1CCN2c1ccc(F)cc1. The molecule has 8 heteroatoms. The molecule has 6 nitrogen and oxygen atoms in total. The highest BCUT2D eigenvalue weighted by atomic mass is 19.1. The van der Waals surface area contributed by atoms with E-state index in [2.05, 4.69) is 20.2 Å². The molecule has 0 spiro atoms. The van der Waals surface area contributed by atoms with Crippen LogP contribution in [-0.2, 0) is 12.8 Å². The zero-order chi connectivity index (χ0) is 22.2. The van der Waals surface area contributed by atoms with E-state index in [1.807, 2.05) is 20.0 Å². The molecule has 2 aromatic carbocycles. The quantitative estimate of drug-likeness (QED) is 0.500. The smallest absolute Gasteiger partial charge is 0.147 e. The van der Waals surface area contributed by atoms with E-state index in [0.29, 0.717) is 17.9 Å². The van der Waals surface area contributed by atoms with Crippen molar-refractivity contribution < 1.29 is 8.78 Å². The Kier molecular flexibility index (Phi) is 5.05. The molecule has 4 aromatic rings. The Morgan fingerprint density at radius 2 is 1.88 bits per heavy atom. The van der Waals surface area contributed by atoms with Crippen LogP contribution in [0.15, 0.2) is 55.0 Å². The summed E-state index contributed by atoms with van der Waals surface area (Å²) < 4.78 is 29.8. The second kappa shape index (κ2) is 8.03. The number of nitrogens with one attached hydrogen (secondary N) is 1. The summed E-state index contributed by atoms with van der Waals surface area (Å²) in [5.74, 6) is 1.55. The predicted octanol–water partition coefficient (Wildman–Crippen LogP) is 4.58. The number of nitrogens with zero attached hydrogens (tertiary/aromatic N) is 5. The first-order chi connectivity index (χ1) is 15.5. The molecule has 0 radical (unpaired) electrons. The van der Waals surface area contributed by atoms with Crippen LogP contribution < -0.4 is 10.2 Å². The minimum Gasteiger partial charge on any atom is -0.373 e. The number of hydrogen-bond donors (Lipinski definition) is 1. The second-order valence-corrected chi connectivity index (χ2v) is 7.80. The molecule has 5 rings (SSSR count). The number of aryl methyl sites for hydroxylation is 1. The first-order valence-corrected chi connectivity index (χ1v) is 10.4. The summed E-state index contributed by atoms with van der Waals surface area (Å²) in [6, 6.07) is 11.5. The van der Waals surface area contributed by atoms with E-state index >= 15 is 0 Å². The average molecular weight is 432 g/mol. The van der Waals surface area contributed by atoms with E-state index < -0.39 is 0 Å². The first-order valence-electron chi connectivity index (χ1n) is 10.4. The van der Waals surface area contributed by atoms with E-state index in [1.54, 1.807) is 35.3 Å². The molecule has 32 heavy (non-hydrogen) atoms. The minimum absolute atomic E-state index is 0.274. The number of halogens is 2. The maximum Gasteiger partial charge on any atom is 0.147 e. The van der Waals surface area contributed by atoms with Crippen molar-refractivity contribution in [3.05, 3.63) is 89.3 Å². The summed E-state index contributed by atoms with van der Waals surface area (Å²) in [5, 5.41) is 3.16. The number of rotatable bonds is 5.